The van der Waals surface area contributed by atoms with Crippen LogP contribution in [0.1, 0.15) is 95.5 Å². The van der Waals surface area contributed by atoms with E-state index in [4.69, 9.17) is 23.4 Å². The van der Waals surface area contributed by atoms with Crippen molar-refractivity contribution in [2.75, 3.05) is 65.1 Å². The number of hydrogen-bond donors (Lipinski definition) is 2. The van der Waals surface area contributed by atoms with Crippen LogP contribution in [0.4, 0.5) is 14.9 Å². The van der Waals surface area contributed by atoms with Gasteiger partial charge in [0.15, 0.2) is 0 Å². The summed E-state index contributed by atoms with van der Waals surface area (Å²) in [6.07, 6.45) is 7.02. The Morgan fingerprint density at radius 2 is 1.68 bits per heavy atom. The third kappa shape index (κ3) is 10.8. The molecule has 3 atom stereocenters. The quantitative estimate of drug-likeness (QED) is 0.174. The predicted molar refractivity (Wildman–Crippen MR) is 208 cm³/mol. The van der Waals surface area contributed by atoms with Crippen molar-refractivity contribution in [1.82, 2.24) is 15.1 Å². The van der Waals surface area contributed by atoms with Crippen molar-refractivity contribution < 1.29 is 46.9 Å². The summed E-state index contributed by atoms with van der Waals surface area (Å²) in [4.78, 5) is 57.9. The van der Waals surface area contributed by atoms with Crippen LogP contribution in [0.5, 0.6) is 0 Å². The van der Waals surface area contributed by atoms with Crippen LogP contribution in [0.15, 0.2) is 28.7 Å². The van der Waals surface area contributed by atoms with Gasteiger partial charge >= 0.3 is 12.1 Å². The van der Waals surface area contributed by atoms with Crippen LogP contribution in [0.25, 0.3) is 11.0 Å². The minimum atomic E-state index is -0.713. The van der Waals surface area contributed by atoms with Gasteiger partial charge in [0, 0.05) is 50.3 Å². The number of ether oxygens (including phenoxy) is 4. The molecule has 2 aliphatic heterocycles. The van der Waals surface area contributed by atoms with Crippen LogP contribution in [-0.4, -0.2) is 117 Å². The van der Waals surface area contributed by atoms with E-state index in [1.165, 1.54) is 0 Å². The number of anilines is 1. The number of morpholine rings is 1. The van der Waals surface area contributed by atoms with Crippen molar-refractivity contribution in [3.05, 3.63) is 30.0 Å². The Labute approximate surface area is 329 Å². The summed E-state index contributed by atoms with van der Waals surface area (Å²) >= 11 is 0. The largest absolute Gasteiger partial charge is 0.460 e. The highest BCUT2D eigenvalue weighted by molar-refractivity contribution is 6.00. The van der Waals surface area contributed by atoms with E-state index in [1.54, 1.807) is 57.0 Å². The third-order valence-corrected chi connectivity index (χ3v) is 12.2. The van der Waals surface area contributed by atoms with Crippen LogP contribution in [0.2, 0.25) is 0 Å². The number of furan rings is 1. The van der Waals surface area contributed by atoms with Gasteiger partial charge in [0.1, 0.15) is 23.9 Å². The lowest BCUT2D eigenvalue weighted by molar-refractivity contribution is -0.142. The van der Waals surface area contributed by atoms with Gasteiger partial charge < -0.3 is 38.9 Å². The van der Waals surface area contributed by atoms with Gasteiger partial charge in [-0.05, 0) is 127 Å². The zero-order valence-electron chi connectivity index (χ0n) is 33.5. The average molecular weight is 785 g/mol. The lowest BCUT2D eigenvalue weighted by atomic mass is 9.75. The van der Waals surface area contributed by atoms with E-state index in [-0.39, 0.29) is 54.0 Å². The second kappa shape index (κ2) is 19.1. The van der Waals surface area contributed by atoms with Crippen molar-refractivity contribution in [3.63, 3.8) is 0 Å². The lowest BCUT2D eigenvalue weighted by Crippen LogP contribution is -2.50. The summed E-state index contributed by atoms with van der Waals surface area (Å²) in [6, 6.07) is 5.55. The van der Waals surface area contributed by atoms with Crippen LogP contribution in [-0.2, 0) is 28.5 Å². The molecule has 3 amide bonds. The van der Waals surface area contributed by atoms with Crippen LogP contribution < -0.4 is 10.6 Å². The van der Waals surface area contributed by atoms with Gasteiger partial charge in [-0.25, -0.2) is 14.0 Å². The van der Waals surface area contributed by atoms with Gasteiger partial charge in [0.05, 0.1) is 32.0 Å². The van der Waals surface area contributed by atoms with Crippen molar-refractivity contribution >= 4 is 40.5 Å². The molecule has 2 N–H and O–H groups in total. The number of likely N-dealkylation sites (tertiary alicyclic amines) is 1. The number of methoxy groups -OCH3 is 1. The van der Waals surface area contributed by atoms with Gasteiger partial charge in [-0.1, -0.05) is 0 Å². The molecule has 4 fully saturated rings. The molecule has 4 aliphatic rings. The van der Waals surface area contributed by atoms with E-state index in [1.807, 2.05) is 0 Å². The van der Waals surface area contributed by atoms with Gasteiger partial charge in [-0.2, -0.15) is 0 Å². The molecule has 0 radical (unpaired) electrons. The SMILES string of the molecule is COC1CCC([C@@H]2CCN(C(=O)C3CCC([C@@H](CF)NC(=O)OC(C)(C)C)CC3)[C@H]2C(=O)Nc2ccc3oc(C(=O)OCCCN4CCOCC4)cc3c2)CC1. The summed E-state index contributed by atoms with van der Waals surface area (Å²) in [5.41, 5.74) is 0.356. The van der Waals surface area contributed by atoms with Crippen molar-refractivity contribution in [2.24, 2.45) is 23.7 Å². The van der Waals surface area contributed by atoms with Crippen LogP contribution in [0.3, 0.4) is 0 Å². The normalized spacial score (nSPS) is 26.8. The fraction of sp³-hybridized carbons (Fsp3) is 0.714. The molecule has 310 valence electrons. The predicted octanol–water partition coefficient (Wildman–Crippen LogP) is 6.34. The Morgan fingerprint density at radius 1 is 0.946 bits per heavy atom. The Balaban J connectivity index is 1.09. The molecular formula is C42H61FN4O9. The third-order valence-electron chi connectivity index (χ3n) is 12.2. The number of rotatable bonds is 13. The minimum absolute atomic E-state index is 0.00400. The topological polar surface area (TPSA) is 149 Å². The number of halogens is 1. The van der Waals surface area contributed by atoms with E-state index in [0.717, 1.165) is 65.0 Å². The lowest BCUT2D eigenvalue weighted by Gasteiger charge is -2.38. The molecule has 0 spiro atoms. The number of alkyl carbamates (subject to hydrolysis) is 1. The summed E-state index contributed by atoms with van der Waals surface area (Å²) in [5, 5.41) is 6.46. The molecule has 56 heavy (non-hydrogen) atoms. The highest BCUT2D eigenvalue weighted by atomic mass is 19.1. The fourth-order valence-electron chi connectivity index (χ4n) is 9.18. The van der Waals surface area contributed by atoms with E-state index in [9.17, 15) is 23.6 Å². The van der Waals surface area contributed by atoms with E-state index < -0.39 is 36.4 Å². The molecule has 0 bridgehead atoms. The molecule has 13 nitrogen and oxygen atoms in total. The maximum absolute atomic E-state index is 14.3. The number of benzene rings is 1. The number of esters is 1. The second-order valence-electron chi connectivity index (χ2n) is 17.0. The highest BCUT2D eigenvalue weighted by Gasteiger charge is 2.47. The molecule has 2 saturated carbocycles. The number of fused-ring (bicyclic) bond motifs is 1. The monoisotopic (exact) mass is 784 g/mol. The number of amides is 3. The standard InChI is InChI=1S/C42H61FN4O9/c1-42(2,3)56-41(51)45-34(26-43)28-6-8-29(9-7-28)39(49)47-18-16-33(27-10-13-32(52-4)14-11-27)37(47)38(48)44-31-12-15-35-30(24-31)25-36(55-35)40(50)54-21-5-17-46-19-22-53-23-20-46/h12,15,24-25,27-29,32-34,37H,5-11,13-14,16-23,26H2,1-4H3,(H,44,48)(H,45,51)/t27?,28?,29?,32?,33-,34+,37+/m0/s1. The first-order chi connectivity index (χ1) is 26.9. The second-order valence-corrected chi connectivity index (χ2v) is 17.0. The molecule has 2 aliphatic carbocycles. The number of carbonyl (C=O) groups excluding carboxylic acids is 4. The minimum Gasteiger partial charge on any atom is -0.460 e. The smallest absolute Gasteiger partial charge is 0.407 e. The van der Waals surface area contributed by atoms with Crippen molar-refractivity contribution in [1.29, 1.82) is 0 Å². The summed E-state index contributed by atoms with van der Waals surface area (Å²) in [6.45, 7) is 9.38. The van der Waals surface area contributed by atoms with E-state index >= 15 is 0 Å². The Morgan fingerprint density at radius 3 is 2.36 bits per heavy atom. The molecular weight excluding hydrogens is 723 g/mol. The zero-order chi connectivity index (χ0) is 39.8. The maximum atomic E-state index is 14.3. The van der Waals surface area contributed by atoms with Crippen LogP contribution >= 0.6 is 0 Å². The number of nitrogens with one attached hydrogen (secondary N) is 2. The van der Waals surface area contributed by atoms with Gasteiger partial charge in [-0.15, -0.1) is 0 Å². The first-order valence-electron chi connectivity index (χ1n) is 20.6. The molecule has 6 rings (SSSR count). The van der Waals surface area contributed by atoms with E-state index in [0.29, 0.717) is 55.3 Å². The van der Waals surface area contributed by atoms with Crippen molar-refractivity contribution in [3.8, 4) is 0 Å². The Hall–Kier alpha value is -3.75. The average Bonchev–Trinajstić information content (AvgIpc) is 3.83. The number of alkyl halides is 1. The summed E-state index contributed by atoms with van der Waals surface area (Å²) < 4.78 is 41.8. The number of nitrogens with zero attached hydrogens (tertiary/aromatic N) is 2. The number of hydrogen-bond acceptors (Lipinski definition) is 10. The molecule has 1 aromatic heterocycles. The van der Waals surface area contributed by atoms with Gasteiger partial charge in [-0.3, -0.25) is 14.5 Å². The molecule has 14 heteroatoms. The van der Waals surface area contributed by atoms with E-state index in [2.05, 4.69) is 15.5 Å². The van der Waals surface area contributed by atoms with Crippen LogP contribution in [0, 0.1) is 23.7 Å². The maximum Gasteiger partial charge on any atom is 0.407 e. The fourth-order valence-corrected chi connectivity index (χ4v) is 9.18. The highest BCUT2D eigenvalue weighted by Crippen LogP contribution is 2.42. The Bertz CT molecular complexity index is 1640. The molecule has 1 aromatic carbocycles. The molecule has 2 saturated heterocycles. The Kier molecular flexibility index (Phi) is 14.3. The summed E-state index contributed by atoms with van der Waals surface area (Å²) in [7, 11) is 1.74. The zero-order valence-corrected chi connectivity index (χ0v) is 33.5. The molecule has 3 heterocycles. The molecule has 0 unspecified atom stereocenters. The van der Waals surface area contributed by atoms with Gasteiger partial charge in [0.25, 0.3) is 0 Å². The summed E-state index contributed by atoms with van der Waals surface area (Å²) in [5.74, 6) is -0.810. The van der Waals surface area contributed by atoms with Crippen molar-refractivity contribution in [2.45, 2.75) is 109 Å². The van der Waals surface area contributed by atoms with Gasteiger partial charge in [0.2, 0.25) is 17.6 Å². The first-order valence-corrected chi connectivity index (χ1v) is 20.6. The first kappa shape index (κ1) is 41.9. The molecule has 2 aromatic rings. The number of carbonyl (C=O) groups is 4.